The third-order valence-electron chi connectivity index (χ3n) is 5.46. The molecule has 4 rings (SSSR count). The van der Waals surface area contributed by atoms with Crippen molar-refractivity contribution in [2.45, 2.75) is 19.3 Å². The number of fused-ring (bicyclic) bond motifs is 1. The maximum atomic E-state index is 13.6. The molecule has 2 N–H and O–H groups in total. The molecule has 1 aromatic heterocycles. The molecule has 9 heteroatoms. The van der Waals surface area contributed by atoms with Gasteiger partial charge in [-0.2, -0.15) is 12.7 Å². The van der Waals surface area contributed by atoms with Crippen LogP contribution in [0.5, 0.6) is 0 Å². The fraction of sp³-hybridized carbons (Fsp3) is 0.500. The summed E-state index contributed by atoms with van der Waals surface area (Å²) in [7, 11) is -3.62. The molecule has 2 fully saturated rings. The number of hydrogen-bond donors (Lipinski definition) is 1. The van der Waals surface area contributed by atoms with Crippen LogP contribution in [0.25, 0.3) is 10.9 Å². The Labute approximate surface area is 145 Å². The molecule has 1 spiro atoms. The Balaban J connectivity index is 1.54. The highest BCUT2D eigenvalue weighted by molar-refractivity contribution is 7.86. The van der Waals surface area contributed by atoms with Crippen molar-refractivity contribution in [2.24, 2.45) is 10.6 Å². The van der Waals surface area contributed by atoms with E-state index in [1.807, 2.05) is 0 Å². The minimum Gasteiger partial charge on any atom is -0.356 e. The summed E-state index contributed by atoms with van der Waals surface area (Å²) < 4.78 is 38.1. The summed E-state index contributed by atoms with van der Waals surface area (Å²) in [6, 6.07) is 4.51. The lowest BCUT2D eigenvalue weighted by atomic mass is 9.78. The average Bonchev–Trinajstić information content (AvgIpc) is 2.99. The van der Waals surface area contributed by atoms with Gasteiger partial charge in [0.1, 0.15) is 18.0 Å². The van der Waals surface area contributed by atoms with Crippen LogP contribution in [0.4, 0.5) is 10.2 Å². The standard InChI is InChI=1S/C16H20FN5O2S/c17-12-1-2-14-13(9-12)15(20-11-19-14)21-6-3-16(4-7-21)5-8-22(10-16)25(18,23)24/h1-2,9,11H,3-8,10H2,(H2,18,23,24). The first-order valence-electron chi connectivity index (χ1n) is 8.29. The molecular formula is C16H20FN5O2S. The minimum absolute atomic E-state index is 0.0168. The van der Waals surface area contributed by atoms with Gasteiger partial charge in [-0.3, -0.25) is 0 Å². The molecule has 2 aliphatic heterocycles. The van der Waals surface area contributed by atoms with Gasteiger partial charge in [-0.25, -0.2) is 19.5 Å². The van der Waals surface area contributed by atoms with E-state index in [-0.39, 0.29) is 11.2 Å². The SMILES string of the molecule is NS(=O)(=O)N1CCC2(CCN(c3ncnc4ccc(F)cc34)CC2)C1. The Morgan fingerprint density at radius 1 is 1.12 bits per heavy atom. The molecular weight excluding hydrogens is 345 g/mol. The molecule has 0 radical (unpaired) electrons. The van der Waals surface area contributed by atoms with E-state index in [2.05, 4.69) is 14.9 Å². The number of nitrogens with zero attached hydrogens (tertiary/aromatic N) is 4. The summed E-state index contributed by atoms with van der Waals surface area (Å²) >= 11 is 0. The van der Waals surface area contributed by atoms with E-state index in [1.54, 1.807) is 6.07 Å². The minimum atomic E-state index is -3.62. The number of halogens is 1. The van der Waals surface area contributed by atoms with Crippen LogP contribution in [-0.4, -0.2) is 48.9 Å². The maximum Gasteiger partial charge on any atom is 0.276 e. The molecule has 2 aromatic rings. The summed E-state index contributed by atoms with van der Waals surface area (Å²) in [6.07, 6.45) is 4.05. The third-order valence-corrected chi connectivity index (χ3v) is 6.49. The molecule has 3 heterocycles. The highest BCUT2D eigenvalue weighted by Crippen LogP contribution is 2.42. The van der Waals surface area contributed by atoms with Crippen LogP contribution in [-0.2, 0) is 10.2 Å². The average molecular weight is 365 g/mol. The van der Waals surface area contributed by atoms with Gasteiger partial charge in [-0.1, -0.05) is 0 Å². The van der Waals surface area contributed by atoms with Gasteiger partial charge < -0.3 is 4.90 Å². The van der Waals surface area contributed by atoms with Crippen LogP contribution < -0.4 is 10.0 Å². The van der Waals surface area contributed by atoms with Gasteiger partial charge in [0, 0.05) is 31.6 Å². The van der Waals surface area contributed by atoms with E-state index in [0.717, 1.165) is 38.2 Å². The lowest BCUT2D eigenvalue weighted by Crippen LogP contribution is -2.43. The highest BCUT2D eigenvalue weighted by Gasteiger charge is 2.43. The topological polar surface area (TPSA) is 92.4 Å². The summed E-state index contributed by atoms with van der Waals surface area (Å²) in [6.45, 7) is 2.47. The van der Waals surface area contributed by atoms with Gasteiger partial charge in [0.2, 0.25) is 0 Å². The zero-order chi connectivity index (χ0) is 17.7. The summed E-state index contributed by atoms with van der Waals surface area (Å²) in [5.74, 6) is 0.428. The molecule has 0 aliphatic carbocycles. The van der Waals surface area contributed by atoms with Gasteiger partial charge in [0.25, 0.3) is 10.2 Å². The van der Waals surface area contributed by atoms with Crippen molar-refractivity contribution < 1.29 is 12.8 Å². The van der Waals surface area contributed by atoms with Crippen molar-refractivity contribution in [3.63, 3.8) is 0 Å². The first-order valence-corrected chi connectivity index (χ1v) is 9.80. The summed E-state index contributed by atoms with van der Waals surface area (Å²) in [5, 5.41) is 5.97. The predicted octanol–water partition coefficient (Wildman–Crippen LogP) is 1.26. The van der Waals surface area contributed by atoms with Gasteiger partial charge in [-0.05, 0) is 42.9 Å². The third kappa shape index (κ3) is 3.07. The molecule has 25 heavy (non-hydrogen) atoms. The number of nitrogens with two attached hydrogens (primary N) is 1. The zero-order valence-electron chi connectivity index (χ0n) is 13.7. The molecule has 2 saturated heterocycles. The quantitative estimate of drug-likeness (QED) is 0.865. The maximum absolute atomic E-state index is 13.6. The van der Waals surface area contributed by atoms with Crippen LogP contribution in [0.15, 0.2) is 24.5 Å². The zero-order valence-corrected chi connectivity index (χ0v) is 14.5. The van der Waals surface area contributed by atoms with Crippen molar-refractivity contribution in [3.8, 4) is 0 Å². The molecule has 1 aromatic carbocycles. The van der Waals surface area contributed by atoms with Gasteiger partial charge in [-0.15, -0.1) is 0 Å². The molecule has 0 saturated carbocycles. The fourth-order valence-electron chi connectivity index (χ4n) is 3.98. The van der Waals surface area contributed by atoms with Crippen molar-refractivity contribution in [1.29, 1.82) is 0 Å². The smallest absolute Gasteiger partial charge is 0.276 e. The number of benzene rings is 1. The Bertz CT molecular complexity index is 912. The molecule has 7 nitrogen and oxygen atoms in total. The number of hydrogen-bond acceptors (Lipinski definition) is 5. The Hall–Kier alpha value is -1.84. The number of anilines is 1. The van der Waals surface area contributed by atoms with E-state index in [0.29, 0.717) is 24.0 Å². The molecule has 134 valence electrons. The van der Waals surface area contributed by atoms with Crippen molar-refractivity contribution in [3.05, 3.63) is 30.3 Å². The molecule has 0 atom stereocenters. The van der Waals surface area contributed by atoms with E-state index < -0.39 is 10.2 Å². The van der Waals surface area contributed by atoms with Gasteiger partial charge in [0.05, 0.1) is 5.52 Å². The van der Waals surface area contributed by atoms with E-state index in [4.69, 9.17) is 5.14 Å². The van der Waals surface area contributed by atoms with Crippen molar-refractivity contribution >= 4 is 26.9 Å². The first kappa shape index (κ1) is 16.6. The largest absolute Gasteiger partial charge is 0.356 e. The lowest BCUT2D eigenvalue weighted by molar-refractivity contribution is 0.234. The monoisotopic (exact) mass is 365 g/mol. The number of rotatable bonds is 2. The van der Waals surface area contributed by atoms with Crippen LogP contribution in [0, 0.1) is 11.2 Å². The lowest BCUT2D eigenvalue weighted by Gasteiger charge is -2.40. The first-order chi connectivity index (χ1) is 11.9. The molecule has 0 amide bonds. The van der Waals surface area contributed by atoms with Crippen LogP contribution in [0.1, 0.15) is 19.3 Å². The number of aromatic nitrogens is 2. The van der Waals surface area contributed by atoms with Crippen molar-refractivity contribution in [2.75, 3.05) is 31.1 Å². The molecule has 2 aliphatic rings. The Morgan fingerprint density at radius 3 is 2.52 bits per heavy atom. The van der Waals surface area contributed by atoms with Crippen LogP contribution >= 0.6 is 0 Å². The second-order valence-corrected chi connectivity index (χ2v) is 8.52. The van der Waals surface area contributed by atoms with Crippen molar-refractivity contribution in [1.82, 2.24) is 14.3 Å². The van der Waals surface area contributed by atoms with E-state index in [9.17, 15) is 12.8 Å². The van der Waals surface area contributed by atoms with E-state index in [1.165, 1.54) is 22.8 Å². The second-order valence-electron chi connectivity index (χ2n) is 6.97. The van der Waals surface area contributed by atoms with Gasteiger partial charge >= 0.3 is 0 Å². The van der Waals surface area contributed by atoms with Crippen LogP contribution in [0.2, 0.25) is 0 Å². The van der Waals surface area contributed by atoms with Crippen LogP contribution in [0.3, 0.4) is 0 Å². The van der Waals surface area contributed by atoms with E-state index >= 15 is 0 Å². The highest BCUT2D eigenvalue weighted by atomic mass is 32.2. The normalized spacial score (nSPS) is 21.3. The molecule has 0 unspecified atom stereocenters. The Kier molecular flexibility index (Phi) is 3.89. The second kappa shape index (κ2) is 5.86. The summed E-state index contributed by atoms with van der Waals surface area (Å²) in [5.41, 5.74) is 0.699. The summed E-state index contributed by atoms with van der Waals surface area (Å²) in [4.78, 5) is 10.7. The van der Waals surface area contributed by atoms with Gasteiger partial charge in [0.15, 0.2) is 0 Å². The fourth-order valence-corrected chi connectivity index (χ4v) is 4.78. The Morgan fingerprint density at radius 2 is 1.84 bits per heavy atom. The number of piperidine rings is 1. The predicted molar refractivity (Wildman–Crippen MR) is 92.7 cm³/mol. The molecule has 0 bridgehead atoms.